The van der Waals surface area contributed by atoms with E-state index in [1.54, 1.807) is 13.8 Å². The van der Waals surface area contributed by atoms with Crippen molar-refractivity contribution < 1.29 is 13.2 Å². The number of alkyl halides is 3. The van der Waals surface area contributed by atoms with Gasteiger partial charge in [0.1, 0.15) is 22.9 Å². The Balaban J connectivity index is 1.84. The summed E-state index contributed by atoms with van der Waals surface area (Å²) in [7, 11) is 0. The number of rotatable bonds is 4. The fourth-order valence-electron chi connectivity index (χ4n) is 2.45. The minimum atomic E-state index is -4.47. The summed E-state index contributed by atoms with van der Waals surface area (Å²) in [5.41, 5.74) is 1.83. The lowest BCUT2D eigenvalue weighted by Gasteiger charge is -2.10. The number of pyridine rings is 1. The summed E-state index contributed by atoms with van der Waals surface area (Å²) in [5, 5.41) is 19.3. The van der Waals surface area contributed by atoms with Gasteiger partial charge in [-0.2, -0.15) is 13.2 Å². The largest absolute Gasteiger partial charge is 0.433 e. The highest BCUT2D eigenvalue weighted by atomic mass is 32.2. The molecule has 6 nitrogen and oxygen atoms in total. The normalized spacial score (nSPS) is 15.5. The molecule has 140 valence electrons. The second-order valence-electron chi connectivity index (χ2n) is 5.86. The third-order valence-electron chi connectivity index (χ3n) is 3.98. The first kappa shape index (κ1) is 19.0. The molecule has 0 spiro atoms. The number of hydrogen-bond donors (Lipinski definition) is 3. The van der Waals surface area contributed by atoms with Gasteiger partial charge in [0.15, 0.2) is 0 Å². The molecule has 3 N–H and O–H groups in total. The molecular weight excluding hydrogens is 377 g/mol. The van der Waals surface area contributed by atoms with E-state index in [1.807, 2.05) is 0 Å². The summed E-state index contributed by atoms with van der Waals surface area (Å²) in [5.74, 6) is 0.486. The molecule has 0 radical (unpaired) electrons. The van der Waals surface area contributed by atoms with Crippen LogP contribution in [0.5, 0.6) is 0 Å². The fraction of sp³-hybridized carbons (Fsp3) is 0.235. The Morgan fingerprint density at radius 1 is 1.19 bits per heavy atom. The number of anilines is 1. The number of halogens is 3. The summed E-state index contributed by atoms with van der Waals surface area (Å²) < 4.78 is 37.7. The minimum absolute atomic E-state index is 0.226. The van der Waals surface area contributed by atoms with Crippen LogP contribution in [-0.4, -0.2) is 25.7 Å². The molecule has 2 aromatic rings. The Hall–Kier alpha value is -2.75. The van der Waals surface area contributed by atoms with Gasteiger partial charge in [-0.15, -0.1) is 0 Å². The average Bonchev–Trinajstić information content (AvgIpc) is 2.95. The number of fused-ring (bicyclic) bond motifs is 1. The number of nitrogens with one attached hydrogen (secondary N) is 3. The summed E-state index contributed by atoms with van der Waals surface area (Å²) >= 11 is 1.19. The maximum absolute atomic E-state index is 12.6. The van der Waals surface area contributed by atoms with Gasteiger partial charge < -0.3 is 10.7 Å². The van der Waals surface area contributed by atoms with Crippen LogP contribution in [0.1, 0.15) is 30.8 Å². The zero-order valence-corrected chi connectivity index (χ0v) is 15.2. The maximum Gasteiger partial charge on any atom is 0.433 e. The van der Waals surface area contributed by atoms with Gasteiger partial charge in [-0.3, -0.25) is 10.4 Å². The van der Waals surface area contributed by atoms with Crippen molar-refractivity contribution in [1.82, 2.24) is 15.0 Å². The minimum Gasteiger partial charge on any atom is -0.365 e. The monoisotopic (exact) mass is 392 g/mol. The molecule has 0 bridgehead atoms. The smallest absolute Gasteiger partial charge is 0.365 e. The second kappa shape index (κ2) is 7.10. The Kier molecular flexibility index (Phi) is 5.01. The lowest BCUT2D eigenvalue weighted by atomic mass is 10.0. The van der Waals surface area contributed by atoms with E-state index in [0.29, 0.717) is 38.8 Å². The van der Waals surface area contributed by atoms with Gasteiger partial charge in [0.05, 0.1) is 10.6 Å². The molecule has 0 aliphatic carbocycles. The molecule has 3 heterocycles. The predicted molar refractivity (Wildman–Crippen MR) is 98.2 cm³/mol. The third kappa shape index (κ3) is 3.85. The van der Waals surface area contributed by atoms with Gasteiger partial charge in [-0.1, -0.05) is 17.8 Å². The Labute approximate surface area is 157 Å². The van der Waals surface area contributed by atoms with E-state index in [4.69, 9.17) is 10.8 Å². The van der Waals surface area contributed by atoms with Gasteiger partial charge in [0.2, 0.25) is 0 Å². The Bertz CT molecular complexity index is 950. The molecule has 0 atom stereocenters. The van der Waals surface area contributed by atoms with Crippen LogP contribution < -0.4 is 5.32 Å². The number of aromatic nitrogens is 3. The van der Waals surface area contributed by atoms with Crippen molar-refractivity contribution >= 4 is 33.9 Å². The van der Waals surface area contributed by atoms with Crippen LogP contribution in [0.25, 0.3) is 5.57 Å². The standard InChI is InChI=1S/C17H15F3N6S/c1-8(9(2)21)12-13-14(27-15(12)22)16(26-7-25-13)24-6-10-3-4-11(23-5-10)17(18,19)20/h3-5,7,21-22H,6H2,1-2H3,(H,24,25,26)/b12-8-,21-9?,22-15?. The molecule has 0 amide bonds. The molecule has 0 aromatic carbocycles. The Morgan fingerprint density at radius 3 is 2.52 bits per heavy atom. The molecule has 0 saturated carbocycles. The molecule has 1 aliphatic heterocycles. The van der Waals surface area contributed by atoms with Crippen LogP contribution in [0, 0.1) is 10.8 Å². The SMILES string of the molecule is CC(=N)/C(C)=C1\C(=N)Sc2c(NCc3ccc(C(F)(F)F)nc3)ncnc21. The van der Waals surface area contributed by atoms with E-state index in [2.05, 4.69) is 20.3 Å². The quantitative estimate of drug-likeness (QED) is 0.670. The van der Waals surface area contributed by atoms with Gasteiger partial charge >= 0.3 is 6.18 Å². The average molecular weight is 392 g/mol. The number of hydrogen-bond acceptors (Lipinski definition) is 7. The van der Waals surface area contributed by atoms with Crippen molar-refractivity contribution in [2.75, 3.05) is 5.32 Å². The van der Waals surface area contributed by atoms with E-state index in [0.717, 1.165) is 6.07 Å². The maximum atomic E-state index is 12.6. The van der Waals surface area contributed by atoms with Crippen LogP contribution >= 0.6 is 11.8 Å². The van der Waals surface area contributed by atoms with Crippen molar-refractivity contribution in [2.45, 2.75) is 31.5 Å². The molecule has 2 aromatic heterocycles. The van der Waals surface area contributed by atoms with E-state index >= 15 is 0 Å². The van der Waals surface area contributed by atoms with Crippen molar-refractivity contribution in [1.29, 1.82) is 10.8 Å². The van der Waals surface area contributed by atoms with Crippen molar-refractivity contribution in [3.63, 3.8) is 0 Å². The lowest BCUT2D eigenvalue weighted by molar-refractivity contribution is -0.141. The number of thioether (sulfide) groups is 1. The lowest BCUT2D eigenvalue weighted by Crippen LogP contribution is -2.09. The zero-order chi connectivity index (χ0) is 19.8. The summed E-state index contributed by atoms with van der Waals surface area (Å²) in [4.78, 5) is 12.5. The van der Waals surface area contributed by atoms with Crippen molar-refractivity contribution in [3.05, 3.63) is 47.2 Å². The summed E-state index contributed by atoms with van der Waals surface area (Å²) in [6.45, 7) is 3.64. The van der Waals surface area contributed by atoms with E-state index in [-0.39, 0.29) is 11.6 Å². The van der Waals surface area contributed by atoms with Crippen LogP contribution in [0.3, 0.4) is 0 Å². The molecule has 10 heteroatoms. The van der Waals surface area contributed by atoms with Crippen molar-refractivity contribution in [3.8, 4) is 0 Å². The van der Waals surface area contributed by atoms with Crippen molar-refractivity contribution in [2.24, 2.45) is 0 Å². The molecule has 3 rings (SSSR count). The molecule has 0 saturated heterocycles. The van der Waals surface area contributed by atoms with Gasteiger partial charge in [0.25, 0.3) is 0 Å². The highest BCUT2D eigenvalue weighted by Gasteiger charge is 2.32. The number of allylic oxidation sites excluding steroid dienone is 1. The zero-order valence-electron chi connectivity index (χ0n) is 14.4. The first-order valence-corrected chi connectivity index (χ1v) is 8.64. The number of nitrogens with zero attached hydrogens (tertiary/aromatic N) is 3. The summed E-state index contributed by atoms with van der Waals surface area (Å²) in [6, 6.07) is 2.29. The van der Waals surface area contributed by atoms with Gasteiger partial charge in [0, 0.05) is 24.0 Å². The first-order valence-electron chi connectivity index (χ1n) is 7.83. The molecule has 27 heavy (non-hydrogen) atoms. The fourth-order valence-corrected chi connectivity index (χ4v) is 3.48. The predicted octanol–water partition coefficient (Wildman–Crippen LogP) is 4.40. The van der Waals surface area contributed by atoms with E-state index < -0.39 is 11.9 Å². The topological polar surface area (TPSA) is 98.4 Å². The van der Waals surface area contributed by atoms with Gasteiger partial charge in [-0.25, -0.2) is 9.97 Å². The van der Waals surface area contributed by atoms with Crippen LogP contribution in [0.4, 0.5) is 19.0 Å². The molecule has 1 aliphatic rings. The first-order chi connectivity index (χ1) is 12.7. The molecule has 0 unspecified atom stereocenters. The Morgan fingerprint density at radius 2 is 1.93 bits per heavy atom. The van der Waals surface area contributed by atoms with Crippen LogP contribution in [0.2, 0.25) is 0 Å². The summed E-state index contributed by atoms with van der Waals surface area (Å²) in [6.07, 6.45) is -1.94. The highest BCUT2D eigenvalue weighted by Crippen LogP contribution is 2.44. The van der Waals surface area contributed by atoms with E-state index in [1.165, 1.54) is 30.4 Å². The highest BCUT2D eigenvalue weighted by molar-refractivity contribution is 8.15. The molecular formula is C17H15F3N6S. The van der Waals surface area contributed by atoms with Crippen LogP contribution in [-0.2, 0) is 12.7 Å². The second-order valence-corrected chi connectivity index (χ2v) is 6.88. The molecule has 0 fully saturated rings. The third-order valence-corrected chi connectivity index (χ3v) is 4.98. The van der Waals surface area contributed by atoms with E-state index in [9.17, 15) is 13.2 Å². The van der Waals surface area contributed by atoms with Gasteiger partial charge in [-0.05, 0) is 31.1 Å². The van der Waals surface area contributed by atoms with Crippen LogP contribution in [0.15, 0.2) is 35.1 Å².